The van der Waals surface area contributed by atoms with Crippen LogP contribution in [0.1, 0.15) is 17.6 Å². The summed E-state index contributed by atoms with van der Waals surface area (Å²) in [5.41, 5.74) is 2.06. The molecule has 0 spiro atoms. The highest BCUT2D eigenvalue weighted by Gasteiger charge is 2.23. The highest BCUT2D eigenvalue weighted by Crippen LogP contribution is 2.22. The maximum absolute atomic E-state index is 12.8. The van der Waals surface area contributed by atoms with E-state index >= 15 is 0 Å². The lowest BCUT2D eigenvalue weighted by molar-refractivity contribution is -0.132. The van der Waals surface area contributed by atoms with Gasteiger partial charge in [0.05, 0.1) is 15.4 Å². The van der Waals surface area contributed by atoms with Gasteiger partial charge in [0.1, 0.15) is 6.54 Å². The first-order valence-corrected chi connectivity index (χ1v) is 10.3. The molecule has 4 rings (SSSR count). The van der Waals surface area contributed by atoms with Crippen LogP contribution in [0.5, 0.6) is 0 Å². The van der Waals surface area contributed by atoms with Gasteiger partial charge in [0.25, 0.3) is 5.56 Å². The third-order valence-corrected chi connectivity index (χ3v) is 6.36. The Morgan fingerprint density at radius 3 is 2.54 bits per heavy atom. The van der Waals surface area contributed by atoms with Crippen LogP contribution in [0.2, 0.25) is 0 Å². The number of aryl methyl sites for hydroxylation is 2. The van der Waals surface area contributed by atoms with E-state index < -0.39 is 0 Å². The number of thiazole rings is 1. The van der Waals surface area contributed by atoms with E-state index in [0.717, 1.165) is 34.9 Å². The molecule has 0 aliphatic carbocycles. The number of fused-ring (bicyclic) bond motifs is 1. The summed E-state index contributed by atoms with van der Waals surface area (Å²) in [5, 5.41) is 5.28. The van der Waals surface area contributed by atoms with Gasteiger partial charge in [-0.05, 0) is 25.5 Å². The van der Waals surface area contributed by atoms with Crippen LogP contribution in [0.3, 0.4) is 0 Å². The van der Waals surface area contributed by atoms with Crippen molar-refractivity contribution in [1.82, 2.24) is 19.7 Å². The van der Waals surface area contributed by atoms with Crippen LogP contribution in [0, 0.1) is 6.92 Å². The van der Waals surface area contributed by atoms with Gasteiger partial charge < -0.3 is 9.80 Å². The number of anilines is 1. The molecule has 1 saturated heterocycles. The second-order valence-corrected chi connectivity index (χ2v) is 7.97. The predicted octanol–water partition coefficient (Wildman–Crippen LogP) is 2.07. The number of amides is 1. The molecule has 2 aromatic heterocycles. The lowest BCUT2D eigenvalue weighted by Crippen LogP contribution is -2.50. The average Bonchev–Trinajstić information content (AvgIpc) is 3.18. The molecule has 1 aliphatic heterocycles. The monoisotopic (exact) mass is 397 g/mol. The zero-order valence-corrected chi connectivity index (χ0v) is 16.9. The first kappa shape index (κ1) is 18.6. The Morgan fingerprint density at radius 1 is 1.14 bits per heavy atom. The normalized spacial score (nSPS) is 14.6. The van der Waals surface area contributed by atoms with Gasteiger partial charge in [0.15, 0.2) is 5.52 Å². The molecule has 146 valence electrons. The Kier molecular flexibility index (Phi) is 5.13. The molecular weight excluding hydrogens is 374 g/mol. The van der Waals surface area contributed by atoms with Crippen molar-refractivity contribution in [3.8, 4) is 0 Å². The van der Waals surface area contributed by atoms with Gasteiger partial charge >= 0.3 is 0 Å². The van der Waals surface area contributed by atoms with Crippen LogP contribution in [-0.2, 0) is 17.8 Å². The van der Waals surface area contributed by atoms with Crippen LogP contribution in [-0.4, -0.2) is 51.8 Å². The molecule has 1 amide bonds. The Balaban J connectivity index is 1.47. The van der Waals surface area contributed by atoms with Crippen LogP contribution < -0.4 is 10.5 Å². The van der Waals surface area contributed by atoms with Crippen molar-refractivity contribution < 1.29 is 4.79 Å². The van der Waals surface area contributed by atoms with Crippen LogP contribution in [0.4, 0.5) is 5.69 Å². The van der Waals surface area contributed by atoms with E-state index in [-0.39, 0.29) is 18.0 Å². The van der Waals surface area contributed by atoms with Crippen molar-refractivity contribution in [2.45, 2.75) is 26.8 Å². The molecule has 0 saturated carbocycles. The summed E-state index contributed by atoms with van der Waals surface area (Å²) in [7, 11) is 0. The van der Waals surface area contributed by atoms with Crippen molar-refractivity contribution in [3.05, 3.63) is 51.4 Å². The highest BCUT2D eigenvalue weighted by molar-refractivity contribution is 7.18. The molecule has 1 fully saturated rings. The summed E-state index contributed by atoms with van der Waals surface area (Å²) in [6.45, 7) is 6.67. The minimum Gasteiger partial charge on any atom is -0.368 e. The lowest BCUT2D eigenvalue weighted by Gasteiger charge is -2.36. The largest absolute Gasteiger partial charge is 0.368 e. The molecule has 0 radical (unpaired) electrons. The van der Waals surface area contributed by atoms with E-state index in [1.807, 2.05) is 36.9 Å². The summed E-state index contributed by atoms with van der Waals surface area (Å²) >= 11 is 1.50. The number of nitrogens with zero attached hydrogens (tertiary/aromatic N) is 5. The van der Waals surface area contributed by atoms with E-state index in [9.17, 15) is 9.59 Å². The lowest BCUT2D eigenvalue weighted by atomic mass is 10.2. The van der Waals surface area contributed by atoms with Gasteiger partial charge in [0, 0.05) is 31.9 Å². The summed E-state index contributed by atoms with van der Waals surface area (Å²) < 4.78 is 2.09. The maximum Gasteiger partial charge on any atom is 0.294 e. The van der Waals surface area contributed by atoms with E-state index in [0.29, 0.717) is 18.6 Å². The van der Waals surface area contributed by atoms with Gasteiger partial charge in [-0.2, -0.15) is 5.10 Å². The van der Waals surface area contributed by atoms with E-state index in [1.165, 1.54) is 21.7 Å². The molecule has 3 heterocycles. The molecule has 1 aromatic carbocycles. The fraction of sp³-hybridized carbons (Fsp3) is 0.400. The van der Waals surface area contributed by atoms with Gasteiger partial charge in [-0.15, -0.1) is 11.3 Å². The fourth-order valence-corrected chi connectivity index (χ4v) is 4.42. The molecule has 0 N–H and O–H groups in total. The van der Waals surface area contributed by atoms with Crippen molar-refractivity contribution in [1.29, 1.82) is 0 Å². The number of rotatable bonds is 4. The Morgan fingerprint density at radius 2 is 1.86 bits per heavy atom. The zero-order valence-electron chi connectivity index (χ0n) is 16.1. The Labute approximate surface area is 167 Å². The summed E-state index contributed by atoms with van der Waals surface area (Å²) in [6.07, 6.45) is 0.781. The predicted molar refractivity (Wildman–Crippen MR) is 111 cm³/mol. The standard InChI is InChI=1S/C20H23N5O2S/c1-3-16-21-18-19(28-16)14(2)22-25(20(18)27)13-17(26)24-11-9-23(10-12-24)15-7-5-4-6-8-15/h4-8H,3,9-13H2,1-2H3. The third-order valence-electron chi connectivity index (χ3n) is 5.05. The average molecular weight is 398 g/mol. The third kappa shape index (κ3) is 3.52. The number of benzene rings is 1. The zero-order chi connectivity index (χ0) is 19.7. The summed E-state index contributed by atoms with van der Waals surface area (Å²) in [4.78, 5) is 34.0. The van der Waals surface area contributed by atoms with E-state index in [2.05, 4.69) is 27.1 Å². The van der Waals surface area contributed by atoms with Crippen LogP contribution >= 0.6 is 11.3 Å². The van der Waals surface area contributed by atoms with Gasteiger partial charge in [-0.3, -0.25) is 9.59 Å². The number of hydrogen-bond donors (Lipinski definition) is 0. The van der Waals surface area contributed by atoms with Crippen molar-refractivity contribution in [3.63, 3.8) is 0 Å². The van der Waals surface area contributed by atoms with Gasteiger partial charge in [-0.25, -0.2) is 9.67 Å². The van der Waals surface area contributed by atoms with Crippen molar-refractivity contribution in [2.75, 3.05) is 31.1 Å². The second-order valence-electron chi connectivity index (χ2n) is 6.89. The van der Waals surface area contributed by atoms with E-state index in [4.69, 9.17) is 0 Å². The van der Waals surface area contributed by atoms with E-state index in [1.54, 1.807) is 0 Å². The molecule has 3 aromatic rings. The molecule has 8 heteroatoms. The molecular formula is C20H23N5O2S. The number of carbonyl (C=O) groups is 1. The quantitative estimate of drug-likeness (QED) is 0.674. The van der Waals surface area contributed by atoms with Crippen LogP contribution in [0.15, 0.2) is 35.1 Å². The number of aromatic nitrogens is 3. The highest BCUT2D eigenvalue weighted by atomic mass is 32.1. The first-order chi connectivity index (χ1) is 13.6. The molecule has 0 unspecified atom stereocenters. The minimum absolute atomic E-state index is 0.0417. The van der Waals surface area contributed by atoms with Crippen molar-refractivity contribution in [2.24, 2.45) is 0 Å². The number of para-hydroxylation sites is 1. The van der Waals surface area contributed by atoms with Gasteiger partial charge in [0.2, 0.25) is 5.91 Å². The Bertz CT molecular complexity index is 1050. The first-order valence-electron chi connectivity index (χ1n) is 9.51. The number of carbonyl (C=O) groups excluding carboxylic acids is 1. The number of piperazine rings is 1. The molecule has 0 atom stereocenters. The number of hydrogen-bond acceptors (Lipinski definition) is 6. The fourth-order valence-electron chi connectivity index (χ4n) is 3.49. The Hall–Kier alpha value is -2.74. The topological polar surface area (TPSA) is 71.3 Å². The van der Waals surface area contributed by atoms with Crippen LogP contribution in [0.25, 0.3) is 10.2 Å². The smallest absolute Gasteiger partial charge is 0.294 e. The molecule has 0 bridgehead atoms. The second kappa shape index (κ2) is 7.71. The minimum atomic E-state index is -0.284. The summed E-state index contributed by atoms with van der Waals surface area (Å²) in [6, 6.07) is 10.2. The SMILES string of the molecule is CCc1nc2c(=O)n(CC(=O)N3CCN(c4ccccc4)CC3)nc(C)c2s1. The molecule has 28 heavy (non-hydrogen) atoms. The van der Waals surface area contributed by atoms with Gasteiger partial charge in [-0.1, -0.05) is 25.1 Å². The maximum atomic E-state index is 12.8. The molecule has 1 aliphatic rings. The van der Waals surface area contributed by atoms with Crippen molar-refractivity contribution >= 4 is 33.1 Å². The summed E-state index contributed by atoms with van der Waals surface area (Å²) in [5.74, 6) is -0.0768. The molecule has 7 nitrogen and oxygen atoms in total.